The zero-order valence-electron chi connectivity index (χ0n) is 14.3. The largest absolute Gasteiger partial charge is 0.469 e. The summed E-state index contributed by atoms with van der Waals surface area (Å²) in [6, 6.07) is 3.94. The van der Waals surface area contributed by atoms with Gasteiger partial charge in [-0.3, -0.25) is 4.99 Å². The van der Waals surface area contributed by atoms with E-state index in [1.54, 1.807) is 6.26 Å². The van der Waals surface area contributed by atoms with Crippen molar-refractivity contribution in [2.75, 3.05) is 39.9 Å². The predicted octanol–water partition coefficient (Wildman–Crippen LogP) is 3.15. The van der Waals surface area contributed by atoms with Gasteiger partial charge in [0.25, 0.3) is 0 Å². The van der Waals surface area contributed by atoms with Crippen molar-refractivity contribution < 1.29 is 9.15 Å². The van der Waals surface area contributed by atoms with Crippen molar-refractivity contribution in [3.8, 4) is 0 Å². The lowest BCUT2D eigenvalue weighted by atomic mass is 10.1. The molecule has 1 aromatic heterocycles. The van der Waals surface area contributed by atoms with Crippen LogP contribution in [0.3, 0.4) is 0 Å². The lowest BCUT2D eigenvalue weighted by molar-refractivity contribution is 0.187. The van der Waals surface area contributed by atoms with Crippen LogP contribution in [0.1, 0.15) is 31.9 Å². The van der Waals surface area contributed by atoms with Crippen molar-refractivity contribution in [3.05, 3.63) is 24.2 Å². The first-order valence-electron chi connectivity index (χ1n) is 8.39. The van der Waals surface area contributed by atoms with Crippen LogP contribution in [0.15, 0.2) is 27.8 Å². The Kier molecular flexibility index (Phi) is 10.3. The Labute approximate surface area is 156 Å². The number of aliphatic imine (C=N–C) groups is 1. The number of rotatable bonds is 8. The monoisotopic (exact) mass is 435 g/mol. The number of guanidine groups is 1. The highest BCUT2D eigenvalue weighted by Gasteiger charge is 2.16. The van der Waals surface area contributed by atoms with E-state index in [0.29, 0.717) is 5.92 Å². The topological polar surface area (TPSA) is 50.0 Å². The molecule has 1 fully saturated rings. The molecule has 2 rings (SSSR count). The Morgan fingerprint density at radius 1 is 1.48 bits per heavy atom. The van der Waals surface area contributed by atoms with Crippen LogP contribution in [0.2, 0.25) is 0 Å². The Balaban J connectivity index is 0.00000264. The summed E-state index contributed by atoms with van der Waals surface area (Å²) in [7, 11) is 2.11. The number of hydrogen-bond donors (Lipinski definition) is 1. The molecular formula is C17H30IN3O2. The molecule has 23 heavy (non-hydrogen) atoms. The molecule has 1 atom stereocenters. The average Bonchev–Trinajstić information content (AvgIpc) is 3.21. The van der Waals surface area contributed by atoms with Gasteiger partial charge >= 0.3 is 0 Å². The second-order valence-corrected chi connectivity index (χ2v) is 5.93. The van der Waals surface area contributed by atoms with E-state index in [2.05, 4.69) is 24.2 Å². The molecule has 0 amide bonds. The SMILES string of the molecule is CCCCN(C)C(=NCC1CCOC1)NCCc1ccco1.I. The first-order valence-corrected chi connectivity index (χ1v) is 8.39. The standard InChI is InChI=1S/C17H29N3O2.HI/c1-3-4-10-20(2)17(19-13-15-8-12-21-14-15)18-9-7-16-6-5-11-22-16;/h5-6,11,15H,3-4,7-10,12-14H2,1-2H3,(H,18,19);1H. The fraction of sp³-hybridized carbons (Fsp3) is 0.706. The molecule has 5 nitrogen and oxygen atoms in total. The highest BCUT2D eigenvalue weighted by Crippen LogP contribution is 2.12. The molecule has 0 saturated carbocycles. The van der Waals surface area contributed by atoms with E-state index in [4.69, 9.17) is 14.1 Å². The van der Waals surface area contributed by atoms with Crippen molar-refractivity contribution in [1.29, 1.82) is 0 Å². The van der Waals surface area contributed by atoms with Crippen LogP contribution < -0.4 is 5.32 Å². The van der Waals surface area contributed by atoms with Gasteiger partial charge in [-0.1, -0.05) is 13.3 Å². The van der Waals surface area contributed by atoms with E-state index >= 15 is 0 Å². The molecule has 1 aliphatic heterocycles. The van der Waals surface area contributed by atoms with Gasteiger partial charge in [0.15, 0.2) is 5.96 Å². The molecule has 6 heteroatoms. The van der Waals surface area contributed by atoms with Crippen LogP contribution in [-0.4, -0.2) is 50.8 Å². The van der Waals surface area contributed by atoms with Gasteiger partial charge in [-0.05, 0) is 25.0 Å². The highest BCUT2D eigenvalue weighted by atomic mass is 127. The van der Waals surface area contributed by atoms with Gasteiger partial charge in [-0.2, -0.15) is 0 Å². The van der Waals surface area contributed by atoms with E-state index in [9.17, 15) is 0 Å². The van der Waals surface area contributed by atoms with E-state index in [1.807, 2.05) is 12.1 Å². The molecule has 1 N–H and O–H groups in total. The minimum Gasteiger partial charge on any atom is -0.469 e. The van der Waals surface area contributed by atoms with E-state index < -0.39 is 0 Å². The molecule has 1 unspecified atom stereocenters. The zero-order valence-corrected chi connectivity index (χ0v) is 16.6. The fourth-order valence-electron chi connectivity index (χ4n) is 2.51. The number of halogens is 1. The zero-order chi connectivity index (χ0) is 15.6. The van der Waals surface area contributed by atoms with Gasteiger partial charge in [0.05, 0.1) is 12.9 Å². The Hall–Kier alpha value is -0.760. The average molecular weight is 435 g/mol. The molecule has 0 radical (unpaired) electrons. The summed E-state index contributed by atoms with van der Waals surface area (Å²) in [6.45, 7) is 6.66. The summed E-state index contributed by atoms with van der Waals surface area (Å²) < 4.78 is 10.8. The van der Waals surface area contributed by atoms with Crippen molar-refractivity contribution in [2.24, 2.45) is 10.9 Å². The number of hydrogen-bond acceptors (Lipinski definition) is 3. The summed E-state index contributed by atoms with van der Waals surface area (Å²) in [6.07, 6.45) is 6.10. The van der Waals surface area contributed by atoms with Crippen LogP contribution in [0.4, 0.5) is 0 Å². The van der Waals surface area contributed by atoms with Crippen molar-refractivity contribution in [1.82, 2.24) is 10.2 Å². The quantitative estimate of drug-likeness (QED) is 0.387. The third-order valence-electron chi connectivity index (χ3n) is 3.97. The third-order valence-corrected chi connectivity index (χ3v) is 3.97. The van der Waals surface area contributed by atoms with Crippen LogP contribution in [0.5, 0.6) is 0 Å². The molecule has 1 aliphatic rings. The molecule has 0 spiro atoms. The van der Waals surface area contributed by atoms with Gasteiger partial charge in [-0.15, -0.1) is 24.0 Å². The van der Waals surface area contributed by atoms with Crippen molar-refractivity contribution in [2.45, 2.75) is 32.6 Å². The first kappa shape index (κ1) is 20.3. The van der Waals surface area contributed by atoms with Crippen LogP contribution in [-0.2, 0) is 11.2 Å². The Morgan fingerprint density at radius 3 is 3.00 bits per heavy atom. The fourth-order valence-corrected chi connectivity index (χ4v) is 2.51. The van der Waals surface area contributed by atoms with E-state index in [0.717, 1.165) is 57.4 Å². The number of nitrogens with zero attached hydrogens (tertiary/aromatic N) is 2. The molecule has 0 bridgehead atoms. The normalized spacial score (nSPS) is 17.8. The first-order chi connectivity index (χ1) is 10.8. The highest BCUT2D eigenvalue weighted by molar-refractivity contribution is 14.0. The number of unbranched alkanes of at least 4 members (excludes halogenated alkanes) is 1. The van der Waals surface area contributed by atoms with E-state index in [-0.39, 0.29) is 24.0 Å². The molecule has 0 aromatic carbocycles. The maximum atomic E-state index is 5.43. The summed E-state index contributed by atoms with van der Waals surface area (Å²) in [5, 5.41) is 3.47. The van der Waals surface area contributed by atoms with Gasteiger partial charge < -0.3 is 19.4 Å². The molecule has 1 saturated heterocycles. The molecule has 0 aliphatic carbocycles. The Bertz CT molecular complexity index is 431. The number of furan rings is 1. The third kappa shape index (κ3) is 7.56. The van der Waals surface area contributed by atoms with Crippen molar-refractivity contribution in [3.63, 3.8) is 0 Å². The summed E-state index contributed by atoms with van der Waals surface area (Å²) in [4.78, 5) is 7.02. The van der Waals surface area contributed by atoms with Crippen LogP contribution in [0, 0.1) is 5.92 Å². The summed E-state index contributed by atoms with van der Waals surface area (Å²) in [5.41, 5.74) is 0. The number of nitrogens with one attached hydrogen (secondary N) is 1. The van der Waals surface area contributed by atoms with Crippen LogP contribution in [0.25, 0.3) is 0 Å². The van der Waals surface area contributed by atoms with Gasteiger partial charge in [-0.25, -0.2) is 0 Å². The summed E-state index contributed by atoms with van der Waals surface area (Å²) in [5.74, 6) is 2.57. The minimum atomic E-state index is 0. The van der Waals surface area contributed by atoms with Gasteiger partial charge in [0.1, 0.15) is 5.76 Å². The number of ether oxygens (including phenoxy) is 1. The predicted molar refractivity (Wildman–Crippen MR) is 105 cm³/mol. The van der Waals surface area contributed by atoms with Gasteiger partial charge in [0, 0.05) is 45.6 Å². The maximum absolute atomic E-state index is 5.43. The Morgan fingerprint density at radius 2 is 2.35 bits per heavy atom. The lowest BCUT2D eigenvalue weighted by Gasteiger charge is -2.22. The molecule has 1 aromatic rings. The lowest BCUT2D eigenvalue weighted by Crippen LogP contribution is -2.40. The smallest absolute Gasteiger partial charge is 0.193 e. The maximum Gasteiger partial charge on any atom is 0.193 e. The van der Waals surface area contributed by atoms with Gasteiger partial charge in [0.2, 0.25) is 0 Å². The van der Waals surface area contributed by atoms with E-state index in [1.165, 1.54) is 12.8 Å². The molecular weight excluding hydrogens is 405 g/mol. The van der Waals surface area contributed by atoms with Crippen molar-refractivity contribution >= 4 is 29.9 Å². The molecule has 132 valence electrons. The second kappa shape index (κ2) is 11.7. The second-order valence-electron chi connectivity index (χ2n) is 5.93. The summed E-state index contributed by atoms with van der Waals surface area (Å²) >= 11 is 0. The van der Waals surface area contributed by atoms with Crippen LogP contribution >= 0.6 is 24.0 Å². The molecule has 2 heterocycles. The minimum absolute atomic E-state index is 0.